The van der Waals surface area contributed by atoms with Crippen LogP contribution in [0.2, 0.25) is 0 Å². The lowest BCUT2D eigenvalue weighted by molar-refractivity contribution is -0.204. The number of rotatable bonds is 22. The number of carboxylic acids is 3. The zero-order valence-electron chi connectivity index (χ0n) is 49.7. The topological polar surface area (TPSA) is 388 Å². The Morgan fingerprint density at radius 2 is 1.53 bits per heavy atom. The molecule has 6 aliphatic rings. The molecule has 13 atom stereocenters. The minimum absolute atomic E-state index is 0.0298. The van der Waals surface area contributed by atoms with Crippen molar-refractivity contribution in [2.75, 3.05) is 77.0 Å². The van der Waals surface area contributed by atoms with Gasteiger partial charge in [-0.05, 0) is 74.2 Å². The summed E-state index contributed by atoms with van der Waals surface area (Å²) >= 11 is 0. The number of likely N-dealkylation sites (N-methyl/N-ethyl adjacent to an activating group) is 1. The SMILES string of the molecule is CC[C@]1(O)C[C@H]2CN(CCc3c([nH]c4ccccc34)[C@@](C(=O)OC)(c3cc4c(cc3OC)N(C)[C@H]3[C@@](O)(C(=O)NNC(=O)OCCSSC[C@H](NC(=O)[C@H](CC(=O)O)NC(=O)[C@H](CC(=O)O)NC(C)=O)C(=O)O)[C@H](O)[C@]5(CC)C=CCN6CC[C@]43[C@@H]65)C2)C1. The first-order valence-electron chi connectivity index (χ1n) is 29.2. The second-order valence-electron chi connectivity index (χ2n) is 23.9. The third-order valence-corrected chi connectivity index (χ3v) is 21.3. The molecule has 29 heteroatoms. The van der Waals surface area contributed by atoms with Crippen molar-refractivity contribution in [3.8, 4) is 5.75 Å². The molecule has 5 amide bonds. The number of aliphatic hydroxyl groups is 3. The molecule has 1 aromatic heterocycles. The number of aromatic amines is 1. The number of aromatic nitrogens is 1. The Kier molecular flexibility index (Phi) is 19.1. The van der Waals surface area contributed by atoms with Gasteiger partial charge in [-0.2, -0.15) is 0 Å². The monoisotopic (exact) mass is 1260 g/mol. The lowest BCUT2D eigenvalue weighted by Gasteiger charge is -2.63. The Hall–Kier alpha value is -7.15. The molecule has 3 aromatic rings. The number of methoxy groups -OCH3 is 2. The molecule has 27 nitrogen and oxygen atoms in total. The Balaban J connectivity index is 0.954. The van der Waals surface area contributed by atoms with Crippen molar-refractivity contribution in [2.24, 2.45) is 11.3 Å². The van der Waals surface area contributed by atoms with Crippen molar-refractivity contribution in [3.05, 3.63) is 70.9 Å². The van der Waals surface area contributed by atoms with Gasteiger partial charge in [-0.15, -0.1) is 0 Å². The average molecular weight is 1260 g/mol. The van der Waals surface area contributed by atoms with Crippen LogP contribution in [0.4, 0.5) is 10.5 Å². The number of amides is 5. The number of anilines is 1. The zero-order valence-corrected chi connectivity index (χ0v) is 51.3. The maximum absolute atomic E-state index is 15.5. The Labute approximate surface area is 514 Å². The molecular weight excluding hydrogens is 1190 g/mol. The number of esters is 1. The van der Waals surface area contributed by atoms with Gasteiger partial charge in [-0.1, -0.05) is 65.8 Å². The second kappa shape index (κ2) is 25.8. The minimum atomic E-state index is -2.67. The van der Waals surface area contributed by atoms with Gasteiger partial charge >= 0.3 is 30.0 Å². The number of fused-ring (bicyclic) bond motifs is 6. The molecule has 6 heterocycles. The van der Waals surface area contributed by atoms with Crippen molar-refractivity contribution in [1.29, 1.82) is 0 Å². The third-order valence-electron chi connectivity index (χ3n) is 18.9. The number of carboxylic acid groups (broad SMARTS) is 3. The number of ether oxygens (including phenoxy) is 3. The highest BCUT2D eigenvalue weighted by molar-refractivity contribution is 8.76. The summed E-state index contributed by atoms with van der Waals surface area (Å²) in [4.78, 5) is 127. The highest BCUT2D eigenvalue weighted by Crippen LogP contribution is 2.67. The molecule has 5 aliphatic heterocycles. The van der Waals surface area contributed by atoms with E-state index in [1.165, 1.54) is 14.2 Å². The van der Waals surface area contributed by atoms with Gasteiger partial charge in [0.25, 0.3) is 5.91 Å². The van der Waals surface area contributed by atoms with E-state index in [9.17, 15) is 64.2 Å². The van der Waals surface area contributed by atoms with Gasteiger partial charge in [0.1, 0.15) is 42.0 Å². The van der Waals surface area contributed by atoms with Crippen LogP contribution in [0, 0.1) is 11.3 Å². The summed E-state index contributed by atoms with van der Waals surface area (Å²) in [6.45, 7) is 7.30. The number of para-hydroxylation sites is 1. The molecule has 12 N–H and O–H groups in total. The average Bonchev–Trinajstić information content (AvgIpc) is 1.44. The Bertz CT molecular complexity index is 3280. The van der Waals surface area contributed by atoms with Crippen LogP contribution >= 0.6 is 21.6 Å². The summed E-state index contributed by atoms with van der Waals surface area (Å²) in [6, 6.07) is 4.83. The molecule has 1 spiro atoms. The maximum Gasteiger partial charge on any atom is 0.426 e. The molecule has 1 unspecified atom stereocenters. The highest BCUT2D eigenvalue weighted by atomic mass is 33.1. The number of nitrogens with one attached hydrogen (secondary N) is 6. The first-order chi connectivity index (χ1) is 41.8. The molecule has 478 valence electrons. The van der Waals surface area contributed by atoms with E-state index in [-0.39, 0.29) is 36.9 Å². The smallest absolute Gasteiger partial charge is 0.426 e. The van der Waals surface area contributed by atoms with Gasteiger partial charge in [0, 0.05) is 102 Å². The van der Waals surface area contributed by atoms with Crippen LogP contribution in [0.5, 0.6) is 5.75 Å². The fourth-order valence-corrected chi connectivity index (χ4v) is 17.3. The molecule has 0 radical (unpaired) electrons. The number of carbonyl (C=O) groups is 9. The Morgan fingerprint density at radius 1 is 0.841 bits per heavy atom. The van der Waals surface area contributed by atoms with Crippen LogP contribution in [0.25, 0.3) is 10.9 Å². The number of hydrogen-bond acceptors (Lipinski definition) is 20. The normalized spacial score (nSPS) is 29.4. The van der Waals surface area contributed by atoms with Crippen molar-refractivity contribution >= 4 is 91.8 Å². The number of aliphatic carboxylic acids is 3. The molecule has 1 aliphatic carbocycles. The van der Waals surface area contributed by atoms with Crippen LogP contribution in [0.3, 0.4) is 0 Å². The van der Waals surface area contributed by atoms with Crippen LogP contribution in [0.15, 0.2) is 48.6 Å². The molecule has 2 saturated heterocycles. The second-order valence-corrected chi connectivity index (χ2v) is 26.5. The van der Waals surface area contributed by atoms with Crippen molar-refractivity contribution in [3.63, 3.8) is 0 Å². The van der Waals surface area contributed by atoms with E-state index < -0.39 is 130 Å². The quantitative estimate of drug-likeness (QED) is 0.0218. The van der Waals surface area contributed by atoms with E-state index in [0.29, 0.717) is 86.7 Å². The van der Waals surface area contributed by atoms with Gasteiger partial charge in [0.15, 0.2) is 5.60 Å². The lowest BCUT2D eigenvalue weighted by Crippen LogP contribution is -2.82. The minimum Gasteiger partial charge on any atom is -0.496 e. The van der Waals surface area contributed by atoms with Crippen LogP contribution in [-0.4, -0.2) is 219 Å². The van der Waals surface area contributed by atoms with Gasteiger partial charge in [-0.25, -0.2) is 15.0 Å². The lowest BCUT2D eigenvalue weighted by atomic mass is 9.47. The van der Waals surface area contributed by atoms with E-state index >= 15 is 9.59 Å². The molecule has 2 bridgehead atoms. The molecule has 1 saturated carbocycles. The first kappa shape index (κ1) is 65.3. The van der Waals surface area contributed by atoms with E-state index in [4.69, 9.17) is 14.2 Å². The third kappa shape index (κ3) is 11.6. The number of nitrogens with zero attached hydrogens (tertiary/aromatic N) is 3. The van der Waals surface area contributed by atoms with Gasteiger partial charge in [0.2, 0.25) is 17.7 Å². The standard InChI is InChI=1S/C59H77N9O18S2/c1-7-55(82)26-32-27-58(53(80)85-6,45-34(14-18-67(28-32)30-55)33-12-9-10-13-37(33)61-45)36-22-35-41(25-42(36)84-5)66(4)50-57(35)16-19-68-17-11-15-56(8-2,49(57)68)51(78)59(50,83)52(79)64-65-54(81)86-20-21-87-88-29-40(48(76)77)63-47(75)39(24-44(72)73)62-46(74)38(23-43(70)71)60-31(3)69/h9-13,15,22,25,32,38-40,49-51,61,78,82-83H,7-8,14,16-21,23-24,26-30H2,1-6H3,(H,60,69)(H,62,74)(H,63,75)(H,64,79)(H,65,81)(H,70,71)(H,72,73)(H,76,77)/t32-,38+,39+,40+,49+,50-,51-,55+,56-,57-,58+,59+/m1/s1. The molecule has 3 fully saturated rings. The number of carbonyl (C=O) groups excluding carboxylic acids is 6. The number of hydrogen-bond donors (Lipinski definition) is 12. The number of aliphatic hydroxyl groups excluding tert-OH is 1. The number of H-pyrrole nitrogens is 1. The molecule has 88 heavy (non-hydrogen) atoms. The fourth-order valence-electron chi connectivity index (χ4n) is 15.4. The fraction of sp³-hybridized carbons (Fsp3) is 0.576. The molecule has 9 rings (SSSR count). The number of hydrazine groups is 1. The largest absolute Gasteiger partial charge is 0.496 e. The van der Waals surface area contributed by atoms with E-state index in [2.05, 4.69) is 41.6 Å². The summed E-state index contributed by atoms with van der Waals surface area (Å²) in [5, 5.41) is 74.3. The van der Waals surface area contributed by atoms with Gasteiger partial charge in [0.05, 0.1) is 38.7 Å². The predicted octanol–water partition coefficient (Wildman–Crippen LogP) is 0.894. The van der Waals surface area contributed by atoms with Crippen LogP contribution < -0.4 is 36.4 Å². The predicted molar refractivity (Wildman–Crippen MR) is 320 cm³/mol. The molecular formula is C59H77N9O18S2. The summed E-state index contributed by atoms with van der Waals surface area (Å²) in [5.41, 5.74) is 1.09. The highest BCUT2D eigenvalue weighted by Gasteiger charge is 2.79. The van der Waals surface area contributed by atoms with E-state index in [1.807, 2.05) is 62.4 Å². The summed E-state index contributed by atoms with van der Waals surface area (Å²) < 4.78 is 17.7. The zero-order chi connectivity index (χ0) is 63.8. The first-order valence-corrected chi connectivity index (χ1v) is 31.7. The molecule has 2 aromatic carbocycles. The van der Waals surface area contributed by atoms with Gasteiger partial charge < -0.3 is 70.7 Å². The summed E-state index contributed by atoms with van der Waals surface area (Å²) in [7, 11) is 6.56. The number of piperidine rings is 1. The van der Waals surface area contributed by atoms with Crippen molar-refractivity contribution < 1.29 is 88.0 Å². The Morgan fingerprint density at radius 3 is 2.18 bits per heavy atom. The van der Waals surface area contributed by atoms with Crippen LogP contribution in [-0.2, 0) is 65.1 Å². The van der Waals surface area contributed by atoms with E-state index in [1.54, 1.807) is 11.9 Å². The van der Waals surface area contributed by atoms with Crippen molar-refractivity contribution in [1.82, 2.24) is 41.6 Å². The maximum atomic E-state index is 15.5. The van der Waals surface area contributed by atoms with Crippen LogP contribution in [0.1, 0.15) is 88.1 Å². The summed E-state index contributed by atoms with van der Waals surface area (Å²) in [6.07, 6.45) is 1.33. The van der Waals surface area contributed by atoms with Gasteiger partial charge in [-0.3, -0.25) is 48.8 Å². The number of benzene rings is 2. The summed E-state index contributed by atoms with van der Waals surface area (Å²) in [5.74, 6) is -9.64. The van der Waals surface area contributed by atoms with Crippen molar-refractivity contribution in [2.45, 2.75) is 130 Å². The van der Waals surface area contributed by atoms with E-state index in [0.717, 1.165) is 45.0 Å².